The molecular weight excluding hydrogens is 310 g/mol. The molecular formula is C13H8ClN5OS. The van der Waals surface area contributed by atoms with Gasteiger partial charge in [-0.25, -0.2) is 0 Å². The number of nitrogens with zero attached hydrogens (tertiary/aromatic N) is 5. The summed E-state index contributed by atoms with van der Waals surface area (Å²) in [4.78, 5) is 5.28. The normalized spacial score (nSPS) is 11.3. The number of hydrogen-bond acceptors (Lipinski definition) is 6. The number of fused-ring (bicyclic) bond motifs is 1. The quantitative estimate of drug-likeness (QED) is 0.566. The Morgan fingerprint density at radius 2 is 2.10 bits per heavy atom. The Kier molecular flexibility index (Phi) is 2.76. The van der Waals surface area contributed by atoms with Gasteiger partial charge in [0.1, 0.15) is 5.82 Å². The predicted octanol–water partition coefficient (Wildman–Crippen LogP) is 3.47. The Bertz CT molecular complexity index is 941. The van der Waals surface area contributed by atoms with E-state index in [-0.39, 0.29) is 0 Å². The predicted molar refractivity (Wildman–Crippen MR) is 79.3 cm³/mol. The minimum atomic E-state index is 0.449. The third-order valence-corrected chi connectivity index (χ3v) is 4.27. The van der Waals surface area contributed by atoms with E-state index in [2.05, 4.69) is 20.3 Å². The molecule has 0 bridgehead atoms. The molecule has 0 saturated heterocycles. The van der Waals surface area contributed by atoms with Crippen LogP contribution in [0.3, 0.4) is 0 Å². The van der Waals surface area contributed by atoms with E-state index in [1.54, 1.807) is 0 Å². The van der Waals surface area contributed by atoms with Gasteiger partial charge in [0, 0.05) is 6.20 Å². The Morgan fingerprint density at radius 1 is 1.19 bits per heavy atom. The third-order valence-electron chi connectivity index (χ3n) is 3.04. The Morgan fingerprint density at radius 3 is 2.90 bits per heavy atom. The molecule has 4 aromatic heterocycles. The molecule has 0 spiro atoms. The average Bonchev–Trinajstić information content (AvgIpc) is 3.19. The van der Waals surface area contributed by atoms with E-state index < -0.39 is 0 Å². The Labute approximate surface area is 128 Å². The summed E-state index contributed by atoms with van der Waals surface area (Å²) < 4.78 is 7.90. The van der Waals surface area contributed by atoms with Crippen LogP contribution in [0.25, 0.3) is 27.8 Å². The van der Waals surface area contributed by atoms with Gasteiger partial charge in [0.25, 0.3) is 5.89 Å². The maximum Gasteiger partial charge on any atom is 0.259 e. The standard InChI is InChI=1S/C13H8ClN5OS/c1-7-16-17-11-5-2-8(6-19(7)11)13-15-12(18-20-13)9-3-4-10(14)21-9/h2-6H,1H3. The number of hydrogen-bond donors (Lipinski definition) is 0. The van der Waals surface area contributed by atoms with Crippen molar-refractivity contribution in [2.24, 2.45) is 0 Å². The lowest BCUT2D eigenvalue weighted by atomic mass is 10.3. The smallest absolute Gasteiger partial charge is 0.259 e. The molecule has 0 unspecified atom stereocenters. The molecule has 4 aromatic rings. The van der Waals surface area contributed by atoms with Gasteiger partial charge in [-0.15, -0.1) is 21.5 Å². The summed E-state index contributed by atoms with van der Waals surface area (Å²) in [7, 11) is 0. The van der Waals surface area contributed by atoms with Crippen LogP contribution in [0.5, 0.6) is 0 Å². The van der Waals surface area contributed by atoms with Gasteiger partial charge in [-0.3, -0.25) is 4.40 Å². The Hall–Kier alpha value is -2.25. The zero-order chi connectivity index (χ0) is 14.4. The van der Waals surface area contributed by atoms with E-state index in [9.17, 15) is 0 Å². The van der Waals surface area contributed by atoms with Gasteiger partial charge in [0.15, 0.2) is 5.65 Å². The highest BCUT2D eigenvalue weighted by molar-refractivity contribution is 7.19. The summed E-state index contributed by atoms with van der Waals surface area (Å²) in [5.41, 5.74) is 1.59. The molecule has 0 fully saturated rings. The molecule has 0 aromatic carbocycles. The maximum atomic E-state index is 5.92. The van der Waals surface area contributed by atoms with Crippen molar-refractivity contribution in [1.82, 2.24) is 24.7 Å². The molecule has 4 rings (SSSR count). The molecule has 4 heterocycles. The van der Waals surface area contributed by atoms with Crippen molar-refractivity contribution >= 4 is 28.6 Å². The molecule has 0 aliphatic carbocycles. The van der Waals surface area contributed by atoms with E-state index in [0.29, 0.717) is 16.1 Å². The Balaban J connectivity index is 1.78. The molecule has 0 N–H and O–H groups in total. The van der Waals surface area contributed by atoms with Crippen molar-refractivity contribution in [1.29, 1.82) is 0 Å². The monoisotopic (exact) mass is 317 g/mol. The van der Waals surface area contributed by atoms with Crippen molar-refractivity contribution < 1.29 is 4.52 Å². The fraction of sp³-hybridized carbons (Fsp3) is 0.0769. The highest BCUT2D eigenvalue weighted by Crippen LogP contribution is 2.30. The van der Waals surface area contributed by atoms with Gasteiger partial charge in [0.05, 0.1) is 14.8 Å². The topological polar surface area (TPSA) is 69.1 Å². The lowest BCUT2D eigenvalue weighted by molar-refractivity contribution is 0.432. The van der Waals surface area contributed by atoms with E-state index in [1.165, 1.54) is 11.3 Å². The van der Waals surface area contributed by atoms with Gasteiger partial charge in [0.2, 0.25) is 5.82 Å². The molecule has 104 valence electrons. The lowest BCUT2D eigenvalue weighted by Crippen LogP contribution is -1.89. The van der Waals surface area contributed by atoms with Gasteiger partial charge in [-0.05, 0) is 31.2 Å². The first-order chi connectivity index (χ1) is 10.2. The summed E-state index contributed by atoms with van der Waals surface area (Å²) in [5, 5.41) is 12.1. The van der Waals surface area contributed by atoms with Crippen LogP contribution in [0.15, 0.2) is 35.0 Å². The van der Waals surface area contributed by atoms with Crippen molar-refractivity contribution in [2.75, 3.05) is 0 Å². The average molecular weight is 318 g/mol. The largest absolute Gasteiger partial charge is 0.334 e. The van der Waals surface area contributed by atoms with Gasteiger partial charge >= 0.3 is 0 Å². The molecule has 6 nitrogen and oxygen atoms in total. The van der Waals surface area contributed by atoms with Crippen molar-refractivity contribution in [3.63, 3.8) is 0 Å². The van der Waals surface area contributed by atoms with E-state index in [4.69, 9.17) is 16.1 Å². The molecule has 0 aliphatic rings. The van der Waals surface area contributed by atoms with E-state index >= 15 is 0 Å². The van der Waals surface area contributed by atoms with Crippen molar-refractivity contribution in [2.45, 2.75) is 6.92 Å². The van der Waals surface area contributed by atoms with Crippen molar-refractivity contribution in [3.05, 3.63) is 40.6 Å². The first-order valence-electron chi connectivity index (χ1n) is 6.12. The zero-order valence-corrected chi connectivity index (χ0v) is 12.4. The van der Waals surface area contributed by atoms with Crippen LogP contribution in [0, 0.1) is 6.92 Å². The number of aromatic nitrogens is 5. The van der Waals surface area contributed by atoms with Crippen LogP contribution in [0.2, 0.25) is 4.34 Å². The molecule has 21 heavy (non-hydrogen) atoms. The minimum Gasteiger partial charge on any atom is -0.334 e. The van der Waals surface area contributed by atoms with Crippen LogP contribution in [0.4, 0.5) is 0 Å². The number of halogens is 1. The highest BCUT2D eigenvalue weighted by atomic mass is 35.5. The summed E-state index contributed by atoms with van der Waals surface area (Å²) in [6.45, 7) is 1.89. The summed E-state index contributed by atoms with van der Waals surface area (Å²) in [5.74, 6) is 1.78. The van der Waals surface area contributed by atoms with E-state index in [0.717, 1.165) is 21.9 Å². The second kappa shape index (κ2) is 4.64. The summed E-state index contributed by atoms with van der Waals surface area (Å²) in [6, 6.07) is 7.42. The summed E-state index contributed by atoms with van der Waals surface area (Å²) >= 11 is 7.33. The second-order valence-corrected chi connectivity index (χ2v) is 6.14. The first-order valence-corrected chi connectivity index (χ1v) is 7.31. The molecule has 0 atom stereocenters. The lowest BCUT2D eigenvalue weighted by Gasteiger charge is -1.97. The van der Waals surface area contributed by atoms with Crippen molar-refractivity contribution in [3.8, 4) is 22.2 Å². The SMILES string of the molecule is Cc1nnc2ccc(-c3nc(-c4ccc(Cl)s4)no3)cn12. The van der Waals surface area contributed by atoms with Crippen LogP contribution < -0.4 is 0 Å². The molecule has 0 aliphatic heterocycles. The minimum absolute atomic E-state index is 0.449. The number of aryl methyl sites for hydroxylation is 1. The van der Waals surface area contributed by atoms with Gasteiger partial charge < -0.3 is 4.52 Å². The van der Waals surface area contributed by atoms with Crippen LogP contribution in [-0.2, 0) is 0 Å². The maximum absolute atomic E-state index is 5.92. The fourth-order valence-electron chi connectivity index (χ4n) is 2.01. The number of thiophene rings is 1. The van der Waals surface area contributed by atoms with Crippen LogP contribution >= 0.6 is 22.9 Å². The molecule has 0 saturated carbocycles. The highest BCUT2D eigenvalue weighted by Gasteiger charge is 2.13. The van der Waals surface area contributed by atoms with Crippen LogP contribution in [0.1, 0.15) is 5.82 Å². The summed E-state index contributed by atoms with van der Waals surface area (Å²) in [6.07, 6.45) is 1.88. The number of rotatable bonds is 2. The van der Waals surface area contributed by atoms with E-state index in [1.807, 2.05) is 41.8 Å². The molecule has 0 amide bonds. The molecule has 8 heteroatoms. The zero-order valence-electron chi connectivity index (χ0n) is 10.8. The first kappa shape index (κ1) is 12.5. The van der Waals surface area contributed by atoms with Gasteiger partial charge in [-0.1, -0.05) is 16.8 Å². The fourth-order valence-corrected chi connectivity index (χ4v) is 2.98. The third kappa shape index (κ3) is 2.10. The molecule has 0 radical (unpaired) electrons. The van der Waals surface area contributed by atoms with Crippen LogP contribution in [-0.4, -0.2) is 24.7 Å². The van der Waals surface area contributed by atoms with Gasteiger partial charge in [-0.2, -0.15) is 4.98 Å². The second-order valence-electron chi connectivity index (χ2n) is 4.42. The number of pyridine rings is 1.